The first kappa shape index (κ1) is 37.0. The number of fused-ring (bicyclic) bond motifs is 2. The molecule has 0 bridgehead atoms. The van der Waals surface area contributed by atoms with Crippen LogP contribution < -0.4 is 8.37 Å². The van der Waals surface area contributed by atoms with Crippen LogP contribution in [0.25, 0.3) is 43.8 Å². The monoisotopic (exact) mass is 738 g/mol. The van der Waals surface area contributed by atoms with E-state index < -0.39 is 42.8 Å². The topological polar surface area (TPSA) is 86.7 Å². The summed E-state index contributed by atoms with van der Waals surface area (Å²) in [6.07, 6.45) is 5.33. The van der Waals surface area contributed by atoms with E-state index in [0.717, 1.165) is 73.9 Å². The molecule has 0 N–H and O–H groups in total. The normalized spacial score (nSPS) is 12.8. The molecule has 5 aromatic rings. The van der Waals surface area contributed by atoms with Gasteiger partial charge < -0.3 is 8.37 Å². The molecule has 0 aliphatic rings. The lowest BCUT2D eigenvalue weighted by Crippen LogP contribution is -2.28. The number of aryl methyl sites for hydroxylation is 2. The van der Waals surface area contributed by atoms with Gasteiger partial charge in [0.05, 0.1) is 0 Å². The molecule has 0 saturated heterocycles. The smallest absolute Gasteiger partial charge is 0.376 e. The third-order valence-electron chi connectivity index (χ3n) is 8.16. The summed E-state index contributed by atoms with van der Waals surface area (Å²) in [5.74, 6) is -1.24. The Morgan fingerprint density at radius 1 is 0.500 bits per heavy atom. The van der Waals surface area contributed by atoms with Crippen molar-refractivity contribution in [2.24, 2.45) is 0 Å². The Morgan fingerprint density at radius 3 is 1.14 bits per heavy atom. The van der Waals surface area contributed by atoms with Crippen LogP contribution in [-0.2, 0) is 33.1 Å². The fraction of sp³-hybridized carbons (Fsp3) is 0.278. The first-order valence-electron chi connectivity index (χ1n) is 15.7. The molecule has 0 spiro atoms. The summed E-state index contributed by atoms with van der Waals surface area (Å²) >= 11 is 0. The summed E-state index contributed by atoms with van der Waals surface area (Å²) in [6.45, 7) is 4.09. The van der Waals surface area contributed by atoms with Gasteiger partial charge >= 0.3 is 31.3 Å². The molecule has 14 heteroatoms. The van der Waals surface area contributed by atoms with Gasteiger partial charge in [0.15, 0.2) is 0 Å². The van der Waals surface area contributed by atoms with Crippen molar-refractivity contribution in [1.82, 2.24) is 0 Å². The van der Waals surface area contributed by atoms with Gasteiger partial charge in [-0.1, -0.05) is 75.2 Å². The highest BCUT2D eigenvalue weighted by atomic mass is 32.2. The van der Waals surface area contributed by atoms with Crippen molar-refractivity contribution < 1.29 is 51.5 Å². The van der Waals surface area contributed by atoms with Gasteiger partial charge in [0.25, 0.3) is 0 Å². The minimum absolute atomic E-state index is 0.273. The molecule has 50 heavy (non-hydrogen) atoms. The van der Waals surface area contributed by atoms with Crippen LogP contribution in [0.2, 0.25) is 0 Å². The molecular weight excluding hydrogens is 707 g/mol. The van der Waals surface area contributed by atoms with E-state index in [2.05, 4.69) is 8.37 Å². The molecule has 0 amide bonds. The molecule has 5 rings (SSSR count). The molecule has 0 fully saturated rings. The summed E-state index contributed by atoms with van der Waals surface area (Å²) in [4.78, 5) is 0. The lowest BCUT2D eigenvalue weighted by Gasteiger charge is -2.20. The zero-order valence-corrected chi connectivity index (χ0v) is 28.5. The lowest BCUT2D eigenvalue weighted by atomic mass is 9.85. The van der Waals surface area contributed by atoms with E-state index in [1.807, 2.05) is 38.1 Å². The van der Waals surface area contributed by atoms with Crippen molar-refractivity contribution in [2.75, 3.05) is 0 Å². The van der Waals surface area contributed by atoms with Crippen LogP contribution in [0.4, 0.5) is 26.3 Å². The number of alkyl halides is 6. The zero-order chi connectivity index (χ0) is 36.5. The second-order valence-electron chi connectivity index (χ2n) is 11.7. The minimum atomic E-state index is -6.03. The van der Waals surface area contributed by atoms with Gasteiger partial charge in [0.1, 0.15) is 11.5 Å². The second kappa shape index (κ2) is 14.1. The standard InChI is InChI=1S/C36H32F6O6S2/c1-3-5-7-23-9-13-25(14-10-23)33-29-19-17-28(48-50(45,46)36(40,41)42)22-32(29)34(26-15-11-24(12-16-26)8-6-4-2)30-20-18-27(21-31(30)33)47-49(43,44)35(37,38)39/h9-22H,3-8H2,1-2H3. The van der Waals surface area contributed by atoms with Crippen LogP contribution >= 0.6 is 0 Å². The predicted molar refractivity (Wildman–Crippen MR) is 181 cm³/mol. The maximum Gasteiger partial charge on any atom is 0.534 e. The Labute approximate surface area is 285 Å². The molecule has 0 saturated carbocycles. The first-order chi connectivity index (χ1) is 23.5. The van der Waals surface area contributed by atoms with Crippen LogP contribution in [0.15, 0.2) is 84.9 Å². The van der Waals surface area contributed by atoms with Crippen molar-refractivity contribution in [3.63, 3.8) is 0 Å². The molecule has 266 valence electrons. The van der Waals surface area contributed by atoms with Gasteiger partial charge in [-0.25, -0.2) is 0 Å². The molecule has 0 unspecified atom stereocenters. The molecule has 5 aromatic carbocycles. The molecule has 0 atom stereocenters. The Morgan fingerprint density at radius 2 is 0.840 bits per heavy atom. The van der Waals surface area contributed by atoms with Crippen LogP contribution in [0.5, 0.6) is 11.5 Å². The molecular formula is C36H32F6O6S2. The Bertz CT molecular complexity index is 2070. The van der Waals surface area contributed by atoms with Crippen molar-refractivity contribution in [1.29, 1.82) is 0 Å². The van der Waals surface area contributed by atoms with Crippen LogP contribution in [0.3, 0.4) is 0 Å². The molecule has 0 aromatic heterocycles. The summed E-state index contributed by atoms with van der Waals surface area (Å²) in [5.41, 5.74) is -7.49. The van der Waals surface area contributed by atoms with Gasteiger partial charge in [-0.05, 0) is 117 Å². The summed E-state index contributed by atoms with van der Waals surface area (Å²) < 4.78 is 137. The third kappa shape index (κ3) is 7.70. The summed E-state index contributed by atoms with van der Waals surface area (Å²) in [6, 6.07) is 21.7. The number of hydrogen-bond donors (Lipinski definition) is 0. The molecule has 0 heterocycles. The van der Waals surface area contributed by atoms with Gasteiger partial charge in [-0.3, -0.25) is 0 Å². The Kier molecular flexibility index (Phi) is 10.5. The van der Waals surface area contributed by atoms with Gasteiger partial charge in [-0.15, -0.1) is 0 Å². The molecule has 0 aliphatic carbocycles. The van der Waals surface area contributed by atoms with E-state index in [-0.39, 0.29) is 10.8 Å². The highest BCUT2D eigenvalue weighted by molar-refractivity contribution is 7.88. The highest BCUT2D eigenvalue weighted by Crippen LogP contribution is 2.46. The van der Waals surface area contributed by atoms with E-state index in [1.165, 1.54) is 12.1 Å². The average Bonchev–Trinajstić information content (AvgIpc) is 3.04. The summed E-state index contributed by atoms with van der Waals surface area (Å²) in [7, 11) is -12.1. The Hall–Kier alpha value is -4.30. The first-order valence-corrected chi connectivity index (χ1v) is 18.5. The van der Waals surface area contributed by atoms with Crippen LogP contribution in [-0.4, -0.2) is 27.9 Å². The van der Waals surface area contributed by atoms with Crippen molar-refractivity contribution >= 4 is 41.8 Å². The maximum absolute atomic E-state index is 13.3. The highest BCUT2D eigenvalue weighted by Gasteiger charge is 2.49. The third-order valence-corrected chi connectivity index (χ3v) is 10.1. The Balaban J connectivity index is 1.85. The fourth-order valence-corrected chi connectivity index (χ4v) is 6.60. The molecule has 0 aliphatic heterocycles. The number of halogens is 6. The number of hydrogen-bond acceptors (Lipinski definition) is 6. The lowest BCUT2D eigenvalue weighted by molar-refractivity contribution is -0.0504. The van der Waals surface area contributed by atoms with E-state index in [9.17, 15) is 43.2 Å². The predicted octanol–water partition coefficient (Wildman–Crippen LogP) is 10.5. The SMILES string of the molecule is CCCCc1ccc(-c2c3ccc(OS(=O)(=O)C(F)(F)F)cc3c(-c3ccc(CCCC)cc3)c3ccc(OS(=O)(=O)C(F)(F)F)cc23)cc1. The van der Waals surface area contributed by atoms with Crippen LogP contribution in [0, 0.1) is 0 Å². The van der Waals surface area contributed by atoms with Crippen LogP contribution in [0.1, 0.15) is 50.7 Å². The van der Waals surface area contributed by atoms with E-state index >= 15 is 0 Å². The van der Waals surface area contributed by atoms with Crippen molar-refractivity contribution in [3.05, 3.63) is 96.1 Å². The quantitative estimate of drug-likeness (QED) is 0.0548. The van der Waals surface area contributed by atoms with Crippen molar-refractivity contribution in [3.8, 4) is 33.8 Å². The number of unbranched alkanes of at least 4 members (excludes halogenated alkanes) is 2. The zero-order valence-electron chi connectivity index (χ0n) is 26.9. The van der Waals surface area contributed by atoms with E-state index in [1.54, 1.807) is 24.3 Å². The number of benzene rings is 5. The second-order valence-corrected chi connectivity index (χ2v) is 14.8. The van der Waals surface area contributed by atoms with Gasteiger partial charge in [0, 0.05) is 0 Å². The molecule has 6 nitrogen and oxygen atoms in total. The summed E-state index contributed by atoms with van der Waals surface area (Å²) in [5, 5.41) is 1.29. The largest absolute Gasteiger partial charge is 0.534 e. The van der Waals surface area contributed by atoms with Gasteiger partial charge in [0.2, 0.25) is 0 Å². The van der Waals surface area contributed by atoms with Gasteiger partial charge in [-0.2, -0.15) is 43.2 Å². The fourth-order valence-electron chi connectivity index (χ4n) is 5.70. The minimum Gasteiger partial charge on any atom is -0.376 e. The van der Waals surface area contributed by atoms with Crippen molar-refractivity contribution in [2.45, 2.75) is 63.4 Å². The average molecular weight is 739 g/mol. The van der Waals surface area contributed by atoms with E-state index in [0.29, 0.717) is 33.0 Å². The van der Waals surface area contributed by atoms with E-state index in [4.69, 9.17) is 0 Å². The number of rotatable bonds is 12. The molecule has 0 radical (unpaired) electrons. The maximum atomic E-state index is 13.3.